The lowest BCUT2D eigenvalue weighted by molar-refractivity contribution is -0.161. The Morgan fingerprint density at radius 2 is 2.14 bits per heavy atom. The first-order valence-corrected chi connectivity index (χ1v) is 4.17. The second-order valence-electron chi connectivity index (χ2n) is 3.12. The number of rotatable bonds is 2. The Hall–Kier alpha value is -1.43. The van der Waals surface area contributed by atoms with Gasteiger partial charge in [-0.1, -0.05) is 0 Å². The average Bonchev–Trinajstić information content (AvgIpc) is 2.17. The molecule has 1 aliphatic rings. The smallest absolute Gasteiger partial charge is 0.315 e. The van der Waals surface area contributed by atoms with Gasteiger partial charge < -0.3 is 10.5 Å². The molecule has 78 valence electrons. The standard InChI is InChI=1S/C8H12N2O4/c1-4-7(9)8(13)10(4)5(11)3-6(12)14-2/h4,7H,3,9H2,1-2H3/t4-,7-/m0/s1. The fourth-order valence-corrected chi connectivity index (χ4v) is 1.28. The van der Waals surface area contributed by atoms with Gasteiger partial charge in [0.1, 0.15) is 12.5 Å². The van der Waals surface area contributed by atoms with Gasteiger partial charge in [0.25, 0.3) is 0 Å². The summed E-state index contributed by atoms with van der Waals surface area (Å²) in [5, 5.41) is 0. The number of nitrogens with two attached hydrogens (primary N) is 1. The van der Waals surface area contributed by atoms with Crippen molar-refractivity contribution in [1.29, 1.82) is 0 Å². The third-order valence-electron chi connectivity index (χ3n) is 2.24. The summed E-state index contributed by atoms with van der Waals surface area (Å²) in [6, 6.07) is -0.962. The van der Waals surface area contributed by atoms with Crippen LogP contribution in [-0.4, -0.2) is 41.9 Å². The highest BCUT2D eigenvalue weighted by Gasteiger charge is 2.45. The summed E-state index contributed by atoms with van der Waals surface area (Å²) >= 11 is 0. The van der Waals surface area contributed by atoms with E-state index in [0.717, 1.165) is 4.90 Å². The molecule has 1 fully saturated rings. The van der Waals surface area contributed by atoms with Gasteiger partial charge in [0.15, 0.2) is 0 Å². The number of methoxy groups -OCH3 is 1. The SMILES string of the molecule is COC(=O)CC(=O)N1C(=O)[C@@H](N)[C@@H]1C. The van der Waals surface area contributed by atoms with E-state index in [1.807, 2.05) is 0 Å². The van der Waals surface area contributed by atoms with Crippen molar-refractivity contribution in [2.45, 2.75) is 25.4 Å². The summed E-state index contributed by atoms with van der Waals surface area (Å²) < 4.78 is 4.31. The maximum Gasteiger partial charge on any atom is 0.315 e. The predicted octanol–water partition coefficient (Wildman–Crippen LogP) is -1.37. The molecule has 0 bridgehead atoms. The maximum atomic E-state index is 11.3. The number of imide groups is 1. The topological polar surface area (TPSA) is 89.7 Å². The fourth-order valence-electron chi connectivity index (χ4n) is 1.28. The van der Waals surface area contributed by atoms with E-state index < -0.39 is 30.2 Å². The van der Waals surface area contributed by atoms with Crippen molar-refractivity contribution in [2.24, 2.45) is 5.73 Å². The largest absolute Gasteiger partial charge is 0.469 e. The molecule has 1 heterocycles. The van der Waals surface area contributed by atoms with Gasteiger partial charge in [-0.25, -0.2) is 0 Å². The van der Waals surface area contributed by atoms with Gasteiger partial charge in [-0.15, -0.1) is 0 Å². The minimum Gasteiger partial charge on any atom is -0.469 e. The van der Waals surface area contributed by atoms with E-state index in [0.29, 0.717) is 0 Å². The summed E-state index contributed by atoms with van der Waals surface area (Å²) in [6.07, 6.45) is -0.417. The number of nitrogens with zero attached hydrogens (tertiary/aromatic N) is 1. The van der Waals surface area contributed by atoms with Crippen LogP contribution >= 0.6 is 0 Å². The number of esters is 1. The number of hydrogen-bond donors (Lipinski definition) is 1. The summed E-state index contributed by atoms with van der Waals surface area (Å²) in [5.74, 6) is -1.65. The Bertz CT molecular complexity index is 289. The molecule has 0 aromatic carbocycles. The van der Waals surface area contributed by atoms with Crippen LogP contribution < -0.4 is 5.73 Å². The van der Waals surface area contributed by atoms with E-state index in [2.05, 4.69) is 4.74 Å². The van der Waals surface area contributed by atoms with E-state index >= 15 is 0 Å². The quantitative estimate of drug-likeness (QED) is 0.337. The molecule has 1 saturated heterocycles. The van der Waals surface area contributed by atoms with Gasteiger partial charge in [-0.3, -0.25) is 19.3 Å². The van der Waals surface area contributed by atoms with Crippen LogP contribution in [0.2, 0.25) is 0 Å². The van der Waals surface area contributed by atoms with Gasteiger partial charge in [0.05, 0.1) is 13.2 Å². The first-order chi connectivity index (χ1) is 6.49. The van der Waals surface area contributed by atoms with E-state index in [4.69, 9.17) is 5.73 Å². The molecular weight excluding hydrogens is 188 g/mol. The van der Waals surface area contributed by atoms with E-state index in [-0.39, 0.29) is 6.04 Å². The van der Waals surface area contributed by atoms with E-state index in [9.17, 15) is 14.4 Å². The molecule has 1 rings (SSSR count). The van der Waals surface area contributed by atoms with Gasteiger partial charge >= 0.3 is 5.97 Å². The molecule has 0 saturated carbocycles. The Morgan fingerprint density at radius 1 is 1.57 bits per heavy atom. The van der Waals surface area contributed by atoms with Crippen molar-refractivity contribution >= 4 is 17.8 Å². The van der Waals surface area contributed by atoms with E-state index in [1.165, 1.54) is 7.11 Å². The second kappa shape index (κ2) is 3.75. The minimum atomic E-state index is -0.657. The van der Waals surface area contributed by atoms with Crippen molar-refractivity contribution in [1.82, 2.24) is 4.90 Å². The summed E-state index contributed by atoms with van der Waals surface area (Å²) in [7, 11) is 1.18. The first-order valence-electron chi connectivity index (χ1n) is 4.17. The molecule has 6 nitrogen and oxygen atoms in total. The zero-order valence-electron chi connectivity index (χ0n) is 8.02. The van der Waals surface area contributed by atoms with Gasteiger partial charge in [0.2, 0.25) is 11.8 Å². The van der Waals surface area contributed by atoms with Crippen LogP contribution in [0, 0.1) is 0 Å². The molecule has 2 atom stereocenters. The number of carbonyl (C=O) groups excluding carboxylic acids is 3. The first kappa shape index (κ1) is 10.6. The molecule has 1 aliphatic heterocycles. The third-order valence-corrected chi connectivity index (χ3v) is 2.24. The molecule has 0 unspecified atom stereocenters. The molecule has 2 amide bonds. The monoisotopic (exact) mass is 200 g/mol. The molecule has 0 aromatic heterocycles. The van der Waals surface area contributed by atoms with Crippen molar-refractivity contribution in [2.75, 3.05) is 7.11 Å². The van der Waals surface area contributed by atoms with Crippen molar-refractivity contribution in [3.63, 3.8) is 0 Å². The van der Waals surface area contributed by atoms with Crippen LogP contribution in [0.1, 0.15) is 13.3 Å². The number of carbonyl (C=O) groups is 3. The van der Waals surface area contributed by atoms with E-state index in [1.54, 1.807) is 6.92 Å². The Morgan fingerprint density at radius 3 is 2.57 bits per heavy atom. The Labute approximate surface area is 81.0 Å². The number of ether oxygens (including phenoxy) is 1. The van der Waals surface area contributed by atoms with Crippen LogP contribution in [-0.2, 0) is 19.1 Å². The highest BCUT2D eigenvalue weighted by Crippen LogP contribution is 2.18. The highest BCUT2D eigenvalue weighted by atomic mass is 16.5. The zero-order valence-corrected chi connectivity index (χ0v) is 8.02. The molecule has 0 radical (unpaired) electrons. The van der Waals surface area contributed by atoms with Crippen LogP contribution in [0.5, 0.6) is 0 Å². The minimum absolute atomic E-state index is 0.334. The molecule has 0 aliphatic carbocycles. The van der Waals surface area contributed by atoms with Gasteiger partial charge in [0, 0.05) is 0 Å². The van der Waals surface area contributed by atoms with Crippen molar-refractivity contribution in [3.05, 3.63) is 0 Å². The second-order valence-corrected chi connectivity index (χ2v) is 3.12. The lowest BCUT2D eigenvalue weighted by Gasteiger charge is -2.41. The lowest BCUT2D eigenvalue weighted by atomic mass is 9.97. The number of β-lactam (4-membered cyclic amide) rings is 1. The molecule has 14 heavy (non-hydrogen) atoms. The van der Waals surface area contributed by atoms with Crippen LogP contribution in [0.3, 0.4) is 0 Å². The molecule has 0 spiro atoms. The van der Waals surface area contributed by atoms with Crippen LogP contribution in [0.25, 0.3) is 0 Å². The number of hydrogen-bond acceptors (Lipinski definition) is 5. The van der Waals surface area contributed by atoms with Gasteiger partial charge in [-0.05, 0) is 6.92 Å². The lowest BCUT2D eigenvalue weighted by Crippen LogP contribution is -2.69. The highest BCUT2D eigenvalue weighted by molar-refractivity contribution is 6.08. The van der Waals surface area contributed by atoms with Crippen molar-refractivity contribution in [3.8, 4) is 0 Å². The molecule has 0 aromatic rings. The summed E-state index contributed by atoms with van der Waals surface area (Å²) in [6.45, 7) is 1.65. The Kier molecular flexibility index (Phi) is 2.85. The maximum absolute atomic E-state index is 11.3. The predicted molar refractivity (Wildman–Crippen MR) is 45.9 cm³/mol. The third kappa shape index (κ3) is 1.60. The summed E-state index contributed by atoms with van der Waals surface area (Å²) in [4.78, 5) is 34.2. The zero-order chi connectivity index (χ0) is 10.9. The molecule has 2 N–H and O–H groups in total. The number of amides is 2. The normalized spacial score (nSPS) is 25.6. The average molecular weight is 200 g/mol. The van der Waals surface area contributed by atoms with Crippen LogP contribution in [0.4, 0.5) is 0 Å². The Balaban J connectivity index is 2.55. The van der Waals surface area contributed by atoms with Crippen molar-refractivity contribution < 1.29 is 19.1 Å². The van der Waals surface area contributed by atoms with Crippen LogP contribution in [0.15, 0.2) is 0 Å². The molecule has 6 heteroatoms. The number of likely N-dealkylation sites (tertiary alicyclic amines) is 1. The fraction of sp³-hybridized carbons (Fsp3) is 0.625. The molecular formula is C8H12N2O4. The summed E-state index contributed by atoms with van der Waals surface area (Å²) in [5.41, 5.74) is 5.40. The van der Waals surface area contributed by atoms with Gasteiger partial charge in [-0.2, -0.15) is 0 Å².